The van der Waals surface area contributed by atoms with Gasteiger partial charge in [-0.05, 0) is 60.8 Å². The number of hydrogen-bond donors (Lipinski definition) is 1. The average Bonchev–Trinajstić information content (AvgIpc) is 2.33. The number of benzene rings is 1. The summed E-state index contributed by atoms with van der Waals surface area (Å²) in [6, 6.07) is 10.7. The largest absolute Gasteiger partial charge is 0.381 e. The van der Waals surface area contributed by atoms with Crippen molar-refractivity contribution in [1.82, 2.24) is 4.90 Å². The Hall–Kier alpha value is -0.540. The quantitative estimate of drug-likeness (QED) is 0.892. The number of rotatable bonds is 2. The van der Waals surface area contributed by atoms with E-state index in [-0.39, 0.29) is 0 Å². The second-order valence-electron chi connectivity index (χ2n) is 5.70. The minimum absolute atomic E-state index is 0.634. The van der Waals surface area contributed by atoms with E-state index in [1.54, 1.807) is 0 Å². The number of hydrogen-bond acceptors (Lipinski definition) is 2. The van der Waals surface area contributed by atoms with Crippen LogP contribution < -0.4 is 5.32 Å². The van der Waals surface area contributed by atoms with Crippen LogP contribution in [0.1, 0.15) is 32.1 Å². The molecule has 3 rings (SSSR count). The summed E-state index contributed by atoms with van der Waals surface area (Å²) < 4.78 is 1.18. The van der Waals surface area contributed by atoms with Crippen molar-refractivity contribution >= 4 is 21.6 Å². The van der Waals surface area contributed by atoms with Crippen molar-refractivity contribution in [3.8, 4) is 0 Å². The van der Waals surface area contributed by atoms with Gasteiger partial charge in [0.05, 0.1) is 0 Å². The van der Waals surface area contributed by atoms with E-state index in [9.17, 15) is 0 Å². The highest BCUT2D eigenvalue weighted by molar-refractivity contribution is 9.10. The Morgan fingerprint density at radius 3 is 2.50 bits per heavy atom. The van der Waals surface area contributed by atoms with Crippen molar-refractivity contribution in [2.24, 2.45) is 0 Å². The summed E-state index contributed by atoms with van der Waals surface area (Å²) in [7, 11) is 2.31. The Balaban J connectivity index is 1.70. The van der Waals surface area contributed by atoms with E-state index < -0.39 is 0 Å². The molecule has 3 heteroatoms. The van der Waals surface area contributed by atoms with Crippen LogP contribution in [0.4, 0.5) is 5.69 Å². The van der Waals surface area contributed by atoms with Crippen molar-refractivity contribution < 1.29 is 0 Å². The third kappa shape index (κ3) is 2.43. The molecule has 2 heterocycles. The van der Waals surface area contributed by atoms with Crippen LogP contribution in [0.5, 0.6) is 0 Å². The molecule has 0 saturated carbocycles. The van der Waals surface area contributed by atoms with Crippen molar-refractivity contribution in [2.45, 2.75) is 50.2 Å². The van der Waals surface area contributed by atoms with Crippen LogP contribution in [0.15, 0.2) is 28.7 Å². The molecular formula is C15H21BrN2. The second-order valence-corrected chi connectivity index (χ2v) is 6.55. The zero-order chi connectivity index (χ0) is 12.5. The molecule has 1 aromatic rings. The number of para-hydroxylation sites is 1. The second kappa shape index (κ2) is 5.22. The minimum Gasteiger partial charge on any atom is -0.381 e. The zero-order valence-corrected chi connectivity index (χ0v) is 12.5. The monoisotopic (exact) mass is 308 g/mol. The van der Waals surface area contributed by atoms with Crippen molar-refractivity contribution in [1.29, 1.82) is 0 Å². The van der Waals surface area contributed by atoms with E-state index in [1.165, 1.54) is 42.3 Å². The molecule has 0 aliphatic carbocycles. The summed E-state index contributed by atoms with van der Waals surface area (Å²) >= 11 is 3.62. The normalized spacial score (nSPS) is 32.2. The molecule has 2 aliphatic rings. The lowest BCUT2D eigenvalue weighted by molar-refractivity contribution is 0.0608. The van der Waals surface area contributed by atoms with Crippen molar-refractivity contribution in [2.75, 3.05) is 12.4 Å². The zero-order valence-electron chi connectivity index (χ0n) is 10.9. The first-order chi connectivity index (χ1) is 8.74. The van der Waals surface area contributed by atoms with E-state index >= 15 is 0 Å². The topological polar surface area (TPSA) is 15.3 Å². The number of halogens is 1. The van der Waals surface area contributed by atoms with E-state index in [1.807, 2.05) is 0 Å². The molecule has 0 radical (unpaired) electrons. The Morgan fingerprint density at radius 2 is 1.83 bits per heavy atom. The van der Waals surface area contributed by atoms with Gasteiger partial charge in [-0.2, -0.15) is 0 Å². The van der Waals surface area contributed by atoms with Crippen LogP contribution in [-0.2, 0) is 0 Å². The number of nitrogens with zero attached hydrogens (tertiary/aromatic N) is 1. The van der Waals surface area contributed by atoms with Gasteiger partial charge >= 0.3 is 0 Å². The lowest BCUT2D eigenvalue weighted by Gasteiger charge is -2.47. The third-order valence-electron chi connectivity index (χ3n) is 4.57. The van der Waals surface area contributed by atoms with Crippen LogP contribution >= 0.6 is 15.9 Å². The highest BCUT2D eigenvalue weighted by Crippen LogP contribution is 2.34. The van der Waals surface area contributed by atoms with Gasteiger partial charge in [-0.25, -0.2) is 0 Å². The Bertz CT molecular complexity index is 407. The van der Waals surface area contributed by atoms with Crippen LogP contribution in [-0.4, -0.2) is 30.1 Å². The molecule has 2 nitrogen and oxygen atoms in total. The van der Waals surface area contributed by atoms with E-state index in [2.05, 4.69) is 57.5 Å². The molecule has 3 atom stereocenters. The summed E-state index contributed by atoms with van der Waals surface area (Å²) in [4.78, 5) is 2.61. The van der Waals surface area contributed by atoms with Gasteiger partial charge in [0, 0.05) is 28.3 Å². The van der Waals surface area contributed by atoms with Gasteiger partial charge in [0.25, 0.3) is 0 Å². The number of fused-ring (bicyclic) bond motifs is 2. The molecular weight excluding hydrogens is 288 g/mol. The molecule has 1 aromatic carbocycles. The van der Waals surface area contributed by atoms with E-state index in [4.69, 9.17) is 0 Å². The standard InChI is InChI=1S/C15H21BrN2/c1-18-12-5-4-6-13(18)10-11(9-12)17-15-8-3-2-7-14(15)16/h2-3,7-8,11-13,17H,4-6,9-10H2,1H3/t11?,12-,13?/m1/s1. The highest BCUT2D eigenvalue weighted by Gasteiger charge is 2.35. The maximum Gasteiger partial charge on any atom is 0.0486 e. The molecule has 2 saturated heterocycles. The fourth-order valence-electron chi connectivity index (χ4n) is 3.53. The van der Waals surface area contributed by atoms with Crippen LogP contribution in [0, 0.1) is 0 Å². The summed E-state index contributed by atoms with van der Waals surface area (Å²) in [6.45, 7) is 0. The highest BCUT2D eigenvalue weighted by atomic mass is 79.9. The summed E-state index contributed by atoms with van der Waals surface area (Å²) in [5.74, 6) is 0. The fraction of sp³-hybridized carbons (Fsp3) is 0.600. The predicted octanol–water partition coefficient (Wildman–Crippen LogP) is 3.88. The molecule has 98 valence electrons. The molecule has 0 aromatic heterocycles. The molecule has 18 heavy (non-hydrogen) atoms. The van der Waals surface area contributed by atoms with Crippen LogP contribution in [0.3, 0.4) is 0 Å². The molecule has 0 amide bonds. The molecule has 2 bridgehead atoms. The molecule has 0 spiro atoms. The van der Waals surface area contributed by atoms with Gasteiger partial charge in [-0.15, -0.1) is 0 Å². The first-order valence-electron chi connectivity index (χ1n) is 6.97. The van der Waals surface area contributed by atoms with Crippen LogP contribution in [0.2, 0.25) is 0 Å². The lowest BCUT2D eigenvalue weighted by Crippen LogP contribution is -2.52. The Labute approximate surface area is 118 Å². The van der Waals surface area contributed by atoms with Gasteiger partial charge in [0.1, 0.15) is 0 Å². The fourth-order valence-corrected chi connectivity index (χ4v) is 3.93. The van der Waals surface area contributed by atoms with Gasteiger partial charge in [0.15, 0.2) is 0 Å². The smallest absolute Gasteiger partial charge is 0.0486 e. The lowest BCUT2D eigenvalue weighted by atomic mass is 9.82. The maximum absolute atomic E-state index is 3.72. The molecule has 2 unspecified atom stereocenters. The third-order valence-corrected chi connectivity index (χ3v) is 5.26. The van der Waals surface area contributed by atoms with Crippen molar-refractivity contribution in [3.63, 3.8) is 0 Å². The SMILES string of the molecule is CN1C2CCC[C@@H]1CC(Nc1ccccc1Br)C2. The first kappa shape index (κ1) is 12.5. The summed E-state index contributed by atoms with van der Waals surface area (Å²) in [6.07, 6.45) is 6.74. The van der Waals surface area contributed by atoms with Crippen LogP contribution in [0.25, 0.3) is 0 Å². The number of piperidine rings is 2. The van der Waals surface area contributed by atoms with Gasteiger partial charge in [0.2, 0.25) is 0 Å². The molecule has 2 fully saturated rings. The van der Waals surface area contributed by atoms with E-state index in [0.29, 0.717) is 6.04 Å². The summed E-state index contributed by atoms with van der Waals surface area (Å²) in [5.41, 5.74) is 1.24. The number of anilines is 1. The molecule has 2 aliphatic heterocycles. The van der Waals surface area contributed by atoms with E-state index in [0.717, 1.165) is 12.1 Å². The van der Waals surface area contributed by atoms with Crippen molar-refractivity contribution in [3.05, 3.63) is 28.7 Å². The average molecular weight is 309 g/mol. The first-order valence-corrected chi connectivity index (χ1v) is 7.76. The number of nitrogens with one attached hydrogen (secondary N) is 1. The minimum atomic E-state index is 0.634. The van der Waals surface area contributed by atoms with Gasteiger partial charge in [-0.1, -0.05) is 18.6 Å². The Kier molecular flexibility index (Phi) is 3.62. The Morgan fingerprint density at radius 1 is 1.17 bits per heavy atom. The molecule has 1 N–H and O–H groups in total. The van der Waals surface area contributed by atoms with Gasteiger partial charge < -0.3 is 10.2 Å². The maximum atomic E-state index is 3.72. The van der Waals surface area contributed by atoms with Gasteiger partial charge in [-0.3, -0.25) is 0 Å². The summed E-state index contributed by atoms with van der Waals surface area (Å²) in [5, 5.41) is 3.72. The predicted molar refractivity (Wildman–Crippen MR) is 80.0 cm³/mol.